The van der Waals surface area contributed by atoms with Gasteiger partial charge in [-0.1, -0.05) is 25.1 Å². The van der Waals surface area contributed by atoms with Crippen molar-refractivity contribution in [2.75, 3.05) is 5.32 Å². The Morgan fingerprint density at radius 1 is 1.27 bits per heavy atom. The van der Waals surface area contributed by atoms with Crippen LogP contribution in [0.2, 0.25) is 0 Å². The number of aromatic nitrogens is 2. The van der Waals surface area contributed by atoms with Crippen LogP contribution in [-0.2, 0) is 6.42 Å². The molecule has 0 unspecified atom stereocenters. The number of para-hydroxylation sites is 1. The summed E-state index contributed by atoms with van der Waals surface area (Å²) in [6.07, 6.45) is 2.07. The Kier molecular flexibility index (Phi) is 3.63. The summed E-state index contributed by atoms with van der Waals surface area (Å²) < 4.78 is 5.11. The summed E-state index contributed by atoms with van der Waals surface area (Å²) in [5.41, 5.74) is 3.93. The second-order valence-corrected chi connectivity index (χ2v) is 5.13. The molecule has 1 amide bonds. The van der Waals surface area contributed by atoms with E-state index in [9.17, 15) is 4.79 Å². The molecule has 0 radical (unpaired) electrons. The largest absolute Gasteiger partial charge is 0.448 e. The van der Waals surface area contributed by atoms with Crippen LogP contribution in [0.4, 0.5) is 5.69 Å². The number of rotatable bonds is 3. The highest BCUT2D eigenvalue weighted by molar-refractivity contribution is 6.09. The molecule has 0 aliphatic carbocycles. The molecule has 0 atom stereocenters. The van der Waals surface area contributed by atoms with Gasteiger partial charge in [0.05, 0.1) is 11.2 Å². The van der Waals surface area contributed by atoms with E-state index in [1.165, 1.54) is 6.39 Å². The van der Waals surface area contributed by atoms with Crippen molar-refractivity contribution in [3.8, 4) is 0 Å². The second-order valence-electron chi connectivity index (χ2n) is 5.13. The van der Waals surface area contributed by atoms with E-state index in [4.69, 9.17) is 4.42 Å². The fraction of sp³-hybridized carbons (Fsp3) is 0.235. The van der Waals surface area contributed by atoms with E-state index in [1.54, 1.807) is 6.92 Å². The van der Waals surface area contributed by atoms with Gasteiger partial charge in [0.1, 0.15) is 5.76 Å². The maximum atomic E-state index is 12.5. The molecule has 3 aromatic rings. The SMILES string of the molecule is CCc1c(C)nc2ccccc2c1NC(=O)c1ncoc1C. The van der Waals surface area contributed by atoms with Crippen LogP contribution in [0.25, 0.3) is 10.9 Å². The summed E-state index contributed by atoms with van der Waals surface area (Å²) in [4.78, 5) is 21.0. The molecule has 0 saturated carbocycles. The Bertz CT molecular complexity index is 852. The van der Waals surface area contributed by atoms with E-state index >= 15 is 0 Å². The Morgan fingerprint density at radius 2 is 2.05 bits per heavy atom. The summed E-state index contributed by atoms with van der Waals surface area (Å²) in [7, 11) is 0. The number of anilines is 1. The number of fused-ring (bicyclic) bond motifs is 1. The van der Waals surface area contributed by atoms with Gasteiger partial charge in [-0.05, 0) is 31.9 Å². The van der Waals surface area contributed by atoms with E-state index < -0.39 is 0 Å². The van der Waals surface area contributed by atoms with Gasteiger partial charge >= 0.3 is 0 Å². The Labute approximate surface area is 128 Å². The minimum atomic E-state index is -0.267. The molecule has 1 N–H and O–H groups in total. The van der Waals surface area contributed by atoms with Crippen LogP contribution in [0.1, 0.15) is 34.4 Å². The van der Waals surface area contributed by atoms with Crippen molar-refractivity contribution in [1.82, 2.24) is 9.97 Å². The third-order valence-corrected chi connectivity index (χ3v) is 3.75. The first-order valence-electron chi connectivity index (χ1n) is 7.21. The van der Waals surface area contributed by atoms with Gasteiger partial charge in [-0.15, -0.1) is 0 Å². The Hall–Kier alpha value is -2.69. The summed E-state index contributed by atoms with van der Waals surface area (Å²) in [6.45, 7) is 5.73. The molecule has 0 spiro atoms. The molecule has 112 valence electrons. The van der Waals surface area contributed by atoms with Gasteiger partial charge < -0.3 is 9.73 Å². The molecule has 2 heterocycles. The zero-order chi connectivity index (χ0) is 15.7. The van der Waals surface area contributed by atoms with Crippen LogP contribution in [0, 0.1) is 13.8 Å². The van der Waals surface area contributed by atoms with Crippen molar-refractivity contribution in [3.63, 3.8) is 0 Å². The molecule has 1 aromatic carbocycles. The van der Waals surface area contributed by atoms with Crippen LogP contribution in [0.5, 0.6) is 0 Å². The summed E-state index contributed by atoms with van der Waals surface area (Å²) in [5.74, 6) is 0.238. The first kappa shape index (κ1) is 14.3. The lowest BCUT2D eigenvalue weighted by molar-refractivity contribution is 0.102. The summed E-state index contributed by atoms with van der Waals surface area (Å²) >= 11 is 0. The van der Waals surface area contributed by atoms with Crippen LogP contribution < -0.4 is 5.32 Å². The highest BCUT2D eigenvalue weighted by atomic mass is 16.3. The van der Waals surface area contributed by atoms with Gasteiger partial charge in [-0.2, -0.15) is 0 Å². The maximum Gasteiger partial charge on any atom is 0.277 e. The number of hydrogen-bond donors (Lipinski definition) is 1. The average molecular weight is 295 g/mol. The number of amides is 1. The molecule has 0 aliphatic heterocycles. The van der Waals surface area contributed by atoms with Crippen molar-refractivity contribution in [3.05, 3.63) is 53.4 Å². The molecule has 0 fully saturated rings. The predicted octanol–water partition coefficient (Wildman–Crippen LogP) is 3.65. The predicted molar refractivity (Wildman–Crippen MR) is 85.1 cm³/mol. The van der Waals surface area contributed by atoms with Gasteiger partial charge in [-0.3, -0.25) is 9.78 Å². The quantitative estimate of drug-likeness (QED) is 0.800. The molecule has 3 rings (SSSR count). The van der Waals surface area contributed by atoms with Gasteiger partial charge in [0.25, 0.3) is 5.91 Å². The van der Waals surface area contributed by atoms with Crippen LogP contribution >= 0.6 is 0 Å². The number of pyridine rings is 1. The van der Waals surface area contributed by atoms with Crippen molar-refractivity contribution >= 4 is 22.5 Å². The fourth-order valence-electron chi connectivity index (χ4n) is 2.65. The topological polar surface area (TPSA) is 68.0 Å². The maximum absolute atomic E-state index is 12.5. The van der Waals surface area contributed by atoms with Gasteiger partial charge in [0.2, 0.25) is 0 Å². The third-order valence-electron chi connectivity index (χ3n) is 3.75. The zero-order valence-electron chi connectivity index (χ0n) is 12.8. The van der Waals surface area contributed by atoms with Gasteiger partial charge in [0, 0.05) is 11.1 Å². The molecule has 2 aromatic heterocycles. The van der Waals surface area contributed by atoms with E-state index in [0.717, 1.165) is 34.3 Å². The van der Waals surface area contributed by atoms with E-state index in [-0.39, 0.29) is 5.91 Å². The molecule has 0 aliphatic rings. The molecule has 22 heavy (non-hydrogen) atoms. The zero-order valence-corrected chi connectivity index (χ0v) is 12.8. The molecule has 5 heteroatoms. The lowest BCUT2D eigenvalue weighted by Crippen LogP contribution is -2.16. The van der Waals surface area contributed by atoms with Crippen molar-refractivity contribution in [1.29, 1.82) is 0 Å². The van der Waals surface area contributed by atoms with Crippen molar-refractivity contribution in [2.24, 2.45) is 0 Å². The van der Waals surface area contributed by atoms with Crippen LogP contribution in [0.3, 0.4) is 0 Å². The Balaban J connectivity index is 2.13. The van der Waals surface area contributed by atoms with E-state index in [0.29, 0.717) is 11.5 Å². The molecule has 0 bridgehead atoms. The fourth-order valence-corrected chi connectivity index (χ4v) is 2.65. The number of nitrogens with zero attached hydrogens (tertiary/aromatic N) is 2. The first-order chi connectivity index (χ1) is 10.6. The third kappa shape index (κ3) is 2.35. The minimum absolute atomic E-state index is 0.267. The van der Waals surface area contributed by atoms with Crippen LogP contribution in [-0.4, -0.2) is 15.9 Å². The average Bonchev–Trinajstić information content (AvgIpc) is 2.93. The minimum Gasteiger partial charge on any atom is -0.448 e. The van der Waals surface area contributed by atoms with Crippen molar-refractivity contribution in [2.45, 2.75) is 27.2 Å². The number of nitrogens with one attached hydrogen (secondary N) is 1. The molecule has 5 nitrogen and oxygen atoms in total. The normalized spacial score (nSPS) is 10.9. The lowest BCUT2D eigenvalue weighted by Gasteiger charge is -2.15. The lowest BCUT2D eigenvalue weighted by atomic mass is 10.0. The number of oxazole rings is 1. The number of carbonyl (C=O) groups excluding carboxylic acids is 1. The second kappa shape index (κ2) is 5.60. The van der Waals surface area contributed by atoms with Gasteiger partial charge in [-0.25, -0.2) is 4.98 Å². The number of hydrogen-bond acceptors (Lipinski definition) is 4. The summed E-state index contributed by atoms with van der Waals surface area (Å²) in [6, 6.07) is 7.79. The van der Waals surface area contributed by atoms with E-state index in [2.05, 4.69) is 22.2 Å². The molecular formula is C17H17N3O2. The highest BCUT2D eigenvalue weighted by Gasteiger charge is 2.18. The highest BCUT2D eigenvalue weighted by Crippen LogP contribution is 2.29. The molecule has 0 saturated heterocycles. The number of carbonyl (C=O) groups is 1. The monoisotopic (exact) mass is 295 g/mol. The smallest absolute Gasteiger partial charge is 0.277 e. The standard InChI is InChI=1S/C17H17N3O2/c1-4-12-10(2)19-14-8-6-5-7-13(14)16(12)20-17(21)15-11(3)22-9-18-15/h5-9H,4H2,1-3H3,(H,19,20,21). The van der Waals surface area contributed by atoms with Crippen LogP contribution in [0.15, 0.2) is 35.1 Å². The summed E-state index contributed by atoms with van der Waals surface area (Å²) in [5, 5.41) is 3.92. The molecular weight excluding hydrogens is 278 g/mol. The first-order valence-corrected chi connectivity index (χ1v) is 7.21. The van der Waals surface area contributed by atoms with Crippen molar-refractivity contribution < 1.29 is 9.21 Å². The van der Waals surface area contributed by atoms with E-state index in [1.807, 2.05) is 31.2 Å². The number of aryl methyl sites for hydroxylation is 2. The Morgan fingerprint density at radius 3 is 2.73 bits per heavy atom. The number of benzene rings is 1. The van der Waals surface area contributed by atoms with Gasteiger partial charge in [0.15, 0.2) is 12.1 Å².